The maximum absolute atomic E-state index is 3.65. The Morgan fingerprint density at radius 3 is 2.10 bits per heavy atom. The number of hydrogen-bond acceptors (Lipinski definition) is 0. The first-order valence-corrected chi connectivity index (χ1v) is 9.83. The molecular formula is C16H21Cl3SiTi. The fourth-order valence-corrected chi connectivity index (χ4v) is 3.43. The molecular weight excluding hydrogens is 374 g/mol. The average Bonchev–Trinajstić information content (AvgIpc) is 2.69. The van der Waals surface area contributed by atoms with Crippen LogP contribution in [0.1, 0.15) is 17.5 Å². The van der Waals surface area contributed by atoms with Crippen LogP contribution in [-0.2, 0) is 28.1 Å². The van der Waals surface area contributed by atoms with Crippen molar-refractivity contribution in [3.05, 3.63) is 58.3 Å². The number of hydrogen-bond donors (Lipinski definition) is 0. The minimum absolute atomic E-state index is 0. The van der Waals surface area contributed by atoms with E-state index in [1.807, 2.05) is 0 Å². The second-order valence-corrected chi connectivity index (χ2v) is 10.9. The first kappa shape index (κ1) is 26.4. The van der Waals surface area contributed by atoms with Crippen LogP contribution in [0, 0.1) is 13.0 Å². The van der Waals surface area contributed by atoms with Crippen molar-refractivity contribution in [2.24, 2.45) is 0 Å². The van der Waals surface area contributed by atoms with Gasteiger partial charge in [0.05, 0.1) is 0 Å². The van der Waals surface area contributed by atoms with Gasteiger partial charge >= 0.3 is 21.7 Å². The summed E-state index contributed by atoms with van der Waals surface area (Å²) in [5.41, 5.74) is 4.29. The van der Waals surface area contributed by atoms with Crippen molar-refractivity contribution in [3.63, 3.8) is 0 Å². The number of benzene rings is 1. The van der Waals surface area contributed by atoms with Gasteiger partial charge in [-0.3, -0.25) is 6.08 Å². The topological polar surface area (TPSA) is 0 Å². The molecule has 0 spiro atoms. The fourth-order valence-electron chi connectivity index (χ4n) is 2.17. The predicted molar refractivity (Wildman–Crippen MR) is 77.7 cm³/mol. The van der Waals surface area contributed by atoms with Gasteiger partial charge in [0.1, 0.15) is 0 Å². The molecule has 1 aromatic rings. The van der Waals surface area contributed by atoms with Gasteiger partial charge in [0.15, 0.2) is 0 Å². The molecule has 0 radical (unpaired) electrons. The maximum atomic E-state index is 3.65. The summed E-state index contributed by atoms with van der Waals surface area (Å²) in [6.07, 6.45) is 8.21. The summed E-state index contributed by atoms with van der Waals surface area (Å²) in [6, 6.07) is 8.66. The Labute approximate surface area is 164 Å². The van der Waals surface area contributed by atoms with E-state index in [4.69, 9.17) is 0 Å². The number of aryl methyl sites for hydroxylation is 1. The Kier molecular flexibility index (Phi) is 14.0. The Bertz CT molecular complexity index is 491. The predicted octanol–water partition coefficient (Wildman–Crippen LogP) is -4.52. The van der Waals surface area contributed by atoms with Crippen LogP contribution in [0.4, 0.5) is 0 Å². The molecule has 0 nitrogen and oxygen atoms in total. The zero-order valence-electron chi connectivity index (χ0n) is 12.9. The van der Waals surface area contributed by atoms with Crippen molar-refractivity contribution < 1.29 is 58.9 Å². The Morgan fingerprint density at radius 2 is 1.62 bits per heavy atom. The summed E-state index contributed by atoms with van der Waals surface area (Å²) >= 11 is 0. The van der Waals surface area contributed by atoms with Crippen molar-refractivity contribution in [2.75, 3.05) is 0 Å². The van der Waals surface area contributed by atoms with Crippen molar-refractivity contribution in [1.82, 2.24) is 0 Å². The third-order valence-corrected chi connectivity index (χ3v) is 5.28. The molecule has 21 heavy (non-hydrogen) atoms. The molecule has 5 heteroatoms. The number of halogens is 3. The third kappa shape index (κ3) is 7.54. The van der Waals surface area contributed by atoms with Gasteiger partial charge in [0.25, 0.3) is 0 Å². The van der Waals surface area contributed by atoms with E-state index < -0.39 is 8.07 Å². The van der Waals surface area contributed by atoms with E-state index in [1.165, 1.54) is 21.9 Å². The van der Waals surface area contributed by atoms with Gasteiger partial charge in [0, 0.05) is 8.07 Å². The second kappa shape index (κ2) is 11.1. The Balaban J connectivity index is -0.000000810. The number of allylic oxidation sites excluding steroid dienone is 4. The van der Waals surface area contributed by atoms with Crippen LogP contribution >= 0.6 is 0 Å². The molecule has 0 aliphatic heterocycles. The summed E-state index contributed by atoms with van der Waals surface area (Å²) in [7, 11) is -1.17. The molecule has 0 atom stereocenters. The molecule has 1 aromatic carbocycles. The van der Waals surface area contributed by atoms with Gasteiger partial charge < -0.3 is 37.2 Å². The van der Waals surface area contributed by atoms with Gasteiger partial charge in [0.2, 0.25) is 0 Å². The maximum Gasteiger partial charge on any atom is 4.00 e. The Hall–Kier alpha value is 0.501. The third-order valence-electron chi connectivity index (χ3n) is 3.34. The SMILES string of the molecule is Cc1ccccc1CC1=[C-]C([Si](C)(C)C)=CC1.[Cl-].[Cl-].[Cl-].[Ti+4]. The van der Waals surface area contributed by atoms with E-state index in [-0.39, 0.29) is 58.9 Å². The zero-order valence-corrected chi connectivity index (χ0v) is 17.8. The van der Waals surface area contributed by atoms with Crippen LogP contribution in [0.25, 0.3) is 0 Å². The van der Waals surface area contributed by atoms with Crippen molar-refractivity contribution in [3.8, 4) is 0 Å². The normalized spacial score (nSPS) is 12.8. The van der Waals surface area contributed by atoms with Crippen LogP contribution in [-0.4, -0.2) is 8.07 Å². The van der Waals surface area contributed by atoms with Crippen molar-refractivity contribution >= 4 is 8.07 Å². The van der Waals surface area contributed by atoms with Gasteiger partial charge in [-0.2, -0.15) is 5.57 Å². The largest absolute Gasteiger partial charge is 4.00 e. The van der Waals surface area contributed by atoms with E-state index in [0.29, 0.717) is 0 Å². The summed E-state index contributed by atoms with van der Waals surface area (Å²) in [6.45, 7) is 9.37. The number of rotatable bonds is 3. The molecule has 1 aliphatic rings. The second-order valence-electron chi connectivity index (χ2n) is 5.90. The monoisotopic (exact) mass is 394 g/mol. The minimum atomic E-state index is -1.17. The van der Waals surface area contributed by atoms with Gasteiger partial charge in [-0.25, -0.2) is 11.3 Å². The molecule has 2 rings (SSSR count). The molecule has 0 heterocycles. The summed E-state index contributed by atoms with van der Waals surface area (Å²) < 4.78 is 0. The summed E-state index contributed by atoms with van der Waals surface area (Å²) in [5.74, 6) is 0. The molecule has 0 saturated heterocycles. The van der Waals surface area contributed by atoms with Gasteiger partial charge in [-0.05, 0) is 24.5 Å². The molecule has 0 amide bonds. The molecule has 0 fully saturated rings. The molecule has 114 valence electrons. The molecule has 0 N–H and O–H groups in total. The first-order chi connectivity index (χ1) is 7.97. The van der Waals surface area contributed by atoms with Crippen LogP contribution in [0.15, 0.2) is 41.1 Å². The van der Waals surface area contributed by atoms with E-state index in [2.05, 4.69) is 63.0 Å². The molecule has 0 unspecified atom stereocenters. The van der Waals surface area contributed by atoms with E-state index in [1.54, 1.807) is 0 Å². The van der Waals surface area contributed by atoms with Crippen LogP contribution in [0.3, 0.4) is 0 Å². The van der Waals surface area contributed by atoms with E-state index in [0.717, 1.165) is 12.8 Å². The summed E-state index contributed by atoms with van der Waals surface area (Å²) in [5, 5.41) is 1.50. The van der Waals surface area contributed by atoms with Crippen LogP contribution < -0.4 is 37.2 Å². The zero-order chi connectivity index (χ0) is 12.5. The van der Waals surface area contributed by atoms with Gasteiger partial charge in [-0.1, -0.05) is 50.3 Å². The molecule has 0 bridgehead atoms. The first-order valence-electron chi connectivity index (χ1n) is 6.33. The Morgan fingerprint density at radius 1 is 1.05 bits per heavy atom. The molecule has 0 saturated carbocycles. The molecule has 1 aliphatic carbocycles. The smallest absolute Gasteiger partial charge is 1.00 e. The van der Waals surface area contributed by atoms with Crippen molar-refractivity contribution in [1.29, 1.82) is 0 Å². The van der Waals surface area contributed by atoms with Crippen molar-refractivity contribution in [2.45, 2.75) is 39.4 Å². The minimum Gasteiger partial charge on any atom is -1.00 e. The summed E-state index contributed by atoms with van der Waals surface area (Å²) in [4.78, 5) is 0. The van der Waals surface area contributed by atoms with E-state index in [9.17, 15) is 0 Å². The van der Waals surface area contributed by atoms with Crippen LogP contribution in [0.2, 0.25) is 19.6 Å². The van der Waals surface area contributed by atoms with Gasteiger partial charge in [-0.15, -0.1) is 0 Å². The molecule has 0 aromatic heterocycles. The fraction of sp³-hybridized carbons (Fsp3) is 0.375. The van der Waals surface area contributed by atoms with E-state index >= 15 is 0 Å². The van der Waals surface area contributed by atoms with Crippen LogP contribution in [0.5, 0.6) is 0 Å². The quantitative estimate of drug-likeness (QED) is 0.358. The average molecular weight is 396 g/mol. The standard InChI is InChI=1S/C16H21Si.3ClH.Ti/c1-13-7-5-6-8-15(13)11-14-9-10-16(12-14)17(2,3)4;;;;/h5-8,10H,9,11H2,1-4H3;3*1H;/q-1;;;;+4/p-3.